The van der Waals surface area contributed by atoms with Gasteiger partial charge in [-0.2, -0.15) is 0 Å². The van der Waals surface area contributed by atoms with E-state index in [9.17, 15) is 14.0 Å². The summed E-state index contributed by atoms with van der Waals surface area (Å²) >= 11 is 0. The molecule has 2 heterocycles. The van der Waals surface area contributed by atoms with Gasteiger partial charge in [0.2, 0.25) is 0 Å². The Labute approximate surface area is 137 Å². The fraction of sp³-hybridized carbons (Fsp3) is 0.294. The number of halogens is 1. The number of benzene rings is 1. The lowest BCUT2D eigenvalue weighted by atomic mass is 10.2. The summed E-state index contributed by atoms with van der Waals surface area (Å²) in [6.45, 7) is 0.870. The van der Waals surface area contributed by atoms with Crippen LogP contribution in [0.15, 0.2) is 40.8 Å². The molecule has 1 saturated heterocycles. The Balaban J connectivity index is 1.71. The molecule has 0 spiro atoms. The van der Waals surface area contributed by atoms with Gasteiger partial charge in [0.15, 0.2) is 5.76 Å². The van der Waals surface area contributed by atoms with Gasteiger partial charge in [-0.1, -0.05) is 0 Å². The molecule has 7 heteroatoms. The summed E-state index contributed by atoms with van der Waals surface area (Å²) in [5.41, 5.74) is 0.668. The molecule has 1 aliphatic heterocycles. The summed E-state index contributed by atoms with van der Waals surface area (Å²) in [5.74, 6) is -1.01. The summed E-state index contributed by atoms with van der Waals surface area (Å²) in [4.78, 5) is 24.8. The second kappa shape index (κ2) is 6.84. The molecular formula is C17H16FNO5. The number of carbonyl (C=O) groups excluding carboxylic acids is 1. The van der Waals surface area contributed by atoms with E-state index in [1.54, 1.807) is 24.3 Å². The van der Waals surface area contributed by atoms with Gasteiger partial charge in [0.25, 0.3) is 5.91 Å². The van der Waals surface area contributed by atoms with E-state index in [1.807, 2.05) is 0 Å². The average Bonchev–Trinajstić information content (AvgIpc) is 3.04. The number of carbonyl (C=O) groups is 2. The normalized spacial score (nSPS) is 17.7. The Bertz CT molecular complexity index is 740. The van der Waals surface area contributed by atoms with Gasteiger partial charge in [-0.3, -0.25) is 9.59 Å². The van der Waals surface area contributed by atoms with Crippen molar-refractivity contribution in [2.45, 2.75) is 12.5 Å². The van der Waals surface area contributed by atoms with E-state index in [0.29, 0.717) is 17.9 Å². The summed E-state index contributed by atoms with van der Waals surface area (Å²) in [6.07, 6.45) is -0.672. The zero-order valence-electron chi connectivity index (χ0n) is 12.8. The van der Waals surface area contributed by atoms with Gasteiger partial charge in [-0.15, -0.1) is 0 Å². The monoisotopic (exact) mass is 333 g/mol. The average molecular weight is 333 g/mol. The molecule has 0 radical (unpaired) electrons. The molecule has 0 saturated carbocycles. The van der Waals surface area contributed by atoms with E-state index in [2.05, 4.69) is 0 Å². The Kier molecular flexibility index (Phi) is 4.61. The van der Waals surface area contributed by atoms with E-state index < -0.39 is 12.1 Å². The van der Waals surface area contributed by atoms with Crippen molar-refractivity contribution < 1.29 is 28.2 Å². The molecule has 1 aromatic heterocycles. The summed E-state index contributed by atoms with van der Waals surface area (Å²) in [6, 6.07) is 8.98. The second-order valence-electron chi connectivity index (χ2n) is 5.51. The van der Waals surface area contributed by atoms with Crippen LogP contribution in [0.3, 0.4) is 0 Å². The topological polar surface area (TPSA) is 80.0 Å². The maximum Gasteiger partial charge on any atom is 0.306 e. The third-order valence-corrected chi connectivity index (χ3v) is 3.77. The molecule has 1 fully saturated rings. The van der Waals surface area contributed by atoms with E-state index in [4.69, 9.17) is 14.3 Å². The van der Waals surface area contributed by atoms with Crippen LogP contribution in [-0.2, 0) is 9.53 Å². The second-order valence-corrected chi connectivity index (χ2v) is 5.51. The number of carboxylic acid groups (broad SMARTS) is 1. The fourth-order valence-corrected chi connectivity index (χ4v) is 2.60. The van der Waals surface area contributed by atoms with Crippen LogP contribution >= 0.6 is 0 Å². The standard InChI is InChI=1S/C17H16FNO5/c18-12-3-1-11(2-4-12)14-5-6-15(24-14)17(22)19-7-8-23-13(10-19)9-16(20)21/h1-6,13H,7-10H2,(H,20,21)/t13-/m1/s1. The first kappa shape index (κ1) is 16.2. The number of hydrogen-bond acceptors (Lipinski definition) is 4. The highest BCUT2D eigenvalue weighted by molar-refractivity contribution is 5.92. The van der Waals surface area contributed by atoms with Gasteiger partial charge in [0, 0.05) is 18.7 Å². The van der Waals surface area contributed by atoms with Crippen LogP contribution in [-0.4, -0.2) is 47.7 Å². The maximum atomic E-state index is 13.0. The lowest BCUT2D eigenvalue weighted by Gasteiger charge is -2.31. The predicted octanol–water partition coefficient (Wildman–Crippen LogP) is 2.40. The molecule has 126 valence electrons. The minimum atomic E-state index is -0.967. The van der Waals surface area contributed by atoms with Gasteiger partial charge < -0.3 is 19.2 Å². The third kappa shape index (κ3) is 3.62. The fourth-order valence-electron chi connectivity index (χ4n) is 2.60. The highest BCUT2D eigenvalue weighted by Gasteiger charge is 2.28. The molecule has 24 heavy (non-hydrogen) atoms. The third-order valence-electron chi connectivity index (χ3n) is 3.77. The van der Waals surface area contributed by atoms with Crippen molar-refractivity contribution in [1.29, 1.82) is 0 Å². The lowest BCUT2D eigenvalue weighted by molar-refractivity contribution is -0.141. The van der Waals surface area contributed by atoms with E-state index in [0.717, 1.165) is 0 Å². The number of hydrogen-bond donors (Lipinski definition) is 1. The first-order valence-corrected chi connectivity index (χ1v) is 7.51. The molecule has 0 aliphatic carbocycles. The molecule has 2 aromatic rings. The lowest BCUT2D eigenvalue weighted by Crippen LogP contribution is -2.46. The first-order valence-electron chi connectivity index (χ1n) is 7.51. The molecule has 0 unspecified atom stereocenters. The van der Waals surface area contributed by atoms with Gasteiger partial charge in [0.05, 0.1) is 19.1 Å². The number of furan rings is 1. The number of amides is 1. The van der Waals surface area contributed by atoms with Crippen LogP contribution in [0.2, 0.25) is 0 Å². The van der Waals surface area contributed by atoms with Gasteiger partial charge in [-0.25, -0.2) is 4.39 Å². The number of rotatable bonds is 4. The Morgan fingerprint density at radius 2 is 1.96 bits per heavy atom. The molecule has 3 rings (SSSR count). The van der Waals surface area contributed by atoms with Crippen LogP contribution in [0.25, 0.3) is 11.3 Å². The summed E-state index contributed by atoms with van der Waals surface area (Å²) < 4.78 is 23.9. The van der Waals surface area contributed by atoms with Crippen LogP contribution < -0.4 is 0 Å². The van der Waals surface area contributed by atoms with E-state index in [1.165, 1.54) is 17.0 Å². The molecule has 1 aromatic carbocycles. The van der Waals surface area contributed by atoms with Crippen molar-refractivity contribution in [3.63, 3.8) is 0 Å². The highest BCUT2D eigenvalue weighted by Crippen LogP contribution is 2.23. The zero-order valence-corrected chi connectivity index (χ0v) is 12.8. The Morgan fingerprint density at radius 1 is 1.21 bits per heavy atom. The molecule has 1 aliphatic rings. The SMILES string of the molecule is O=C(O)C[C@@H]1CN(C(=O)c2ccc(-c3ccc(F)cc3)o2)CCO1. The molecule has 1 N–H and O–H groups in total. The Morgan fingerprint density at radius 3 is 2.67 bits per heavy atom. The minimum Gasteiger partial charge on any atom is -0.481 e. The number of nitrogens with zero attached hydrogens (tertiary/aromatic N) is 1. The molecular weight excluding hydrogens is 317 g/mol. The van der Waals surface area contributed by atoms with E-state index >= 15 is 0 Å². The molecule has 6 nitrogen and oxygen atoms in total. The minimum absolute atomic E-state index is 0.150. The molecule has 1 amide bonds. The van der Waals surface area contributed by atoms with Crippen molar-refractivity contribution >= 4 is 11.9 Å². The van der Waals surface area contributed by atoms with Gasteiger partial charge in [0.1, 0.15) is 11.6 Å². The van der Waals surface area contributed by atoms with Crippen LogP contribution in [0.4, 0.5) is 4.39 Å². The summed E-state index contributed by atoms with van der Waals surface area (Å²) in [5, 5.41) is 8.83. The largest absolute Gasteiger partial charge is 0.481 e. The summed E-state index contributed by atoms with van der Waals surface area (Å²) in [7, 11) is 0. The van der Waals surface area contributed by atoms with Crippen molar-refractivity contribution in [2.75, 3.05) is 19.7 Å². The maximum absolute atomic E-state index is 13.0. The molecule has 0 bridgehead atoms. The number of carboxylic acids is 1. The quantitative estimate of drug-likeness (QED) is 0.929. The number of aliphatic carboxylic acids is 1. The van der Waals surface area contributed by atoms with Crippen molar-refractivity contribution in [2.24, 2.45) is 0 Å². The number of ether oxygens (including phenoxy) is 1. The number of morpholine rings is 1. The Hall–Kier alpha value is -2.67. The van der Waals surface area contributed by atoms with Crippen molar-refractivity contribution in [1.82, 2.24) is 4.90 Å². The van der Waals surface area contributed by atoms with Crippen LogP contribution in [0.5, 0.6) is 0 Å². The van der Waals surface area contributed by atoms with Crippen molar-refractivity contribution in [3.8, 4) is 11.3 Å². The van der Waals surface area contributed by atoms with Crippen LogP contribution in [0, 0.1) is 5.82 Å². The van der Waals surface area contributed by atoms with Crippen LogP contribution in [0.1, 0.15) is 17.0 Å². The van der Waals surface area contributed by atoms with E-state index in [-0.39, 0.29) is 37.1 Å². The van der Waals surface area contributed by atoms with Gasteiger partial charge in [-0.05, 0) is 36.4 Å². The highest BCUT2D eigenvalue weighted by atomic mass is 19.1. The first-order chi connectivity index (χ1) is 11.5. The molecule has 1 atom stereocenters. The van der Waals surface area contributed by atoms with Crippen molar-refractivity contribution in [3.05, 3.63) is 48.0 Å². The predicted molar refractivity (Wildman–Crippen MR) is 82.0 cm³/mol. The van der Waals surface area contributed by atoms with Gasteiger partial charge >= 0.3 is 5.97 Å². The zero-order chi connectivity index (χ0) is 17.1. The smallest absolute Gasteiger partial charge is 0.306 e.